The molecule has 28 heavy (non-hydrogen) atoms. The van der Waals surface area contributed by atoms with E-state index in [4.69, 9.17) is 5.73 Å². The van der Waals surface area contributed by atoms with Crippen LogP contribution in [0.1, 0.15) is 18.7 Å². The molecule has 1 heterocycles. The van der Waals surface area contributed by atoms with Crippen molar-refractivity contribution < 1.29 is 9.59 Å². The Morgan fingerprint density at radius 3 is 2.50 bits per heavy atom. The molecule has 0 radical (unpaired) electrons. The number of nitrogens with zero attached hydrogens (tertiary/aromatic N) is 2. The Bertz CT molecular complexity index is 748. The Balaban J connectivity index is 2.09. The Kier molecular flexibility index (Phi) is 9.33. The number of nitrogens with two attached hydrogens (primary N) is 1. The van der Waals surface area contributed by atoms with E-state index in [0.717, 1.165) is 29.4 Å². The van der Waals surface area contributed by atoms with Crippen molar-refractivity contribution in [2.45, 2.75) is 25.3 Å². The number of anilines is 1. The number of primary amides is 1. The third kappa shape index (κ3) is 7.18. The molecular formula is C20H28N4O2S2. The lowest BCUT2D eigenvalue weighted by atomic mass is 10.3. The number of nitrogens with one attached hydrogen (secondary N) is 1. The van der Waals surface area contributed by atoms with E-state index in [1.807, 2.05) is 46.7 Å². The van der Waals surface area contributed by atoms with E-state index in [9.17, 15) is 9.59 Å². The number of para-hydroxylation sites is 1. The molecule has 0 saturated heterocycles. The topological polar surface area (TPSA) is 78.7 Å². The molecule has 1 aromatic heterocycles. The maximum absolute atomic E-state index is 13.0. The summed E-state index contributed by atoms with van der Waals surface area (Å²) in [6.07, 6.45) is 0. The van der Waals surface area contributed by atoms with E-state index >= 15 is 0 Å². The maximum Gasteiger partial charge on any atom is 0.322 e. The largest absolute Gasteiger partial charge is 0.369 e. The molecule has 3 amide bonds. The molecular weight excluding hydrogens is 392 g/mol. The fraction of sp³-hybridized carbons (Fsp3) is 0.400. The second-order valence-corrected chi connectivity index (χ2v) is 8.26. The fourth-order valence-corrected chi connectivity index (χ4v) is 4.15. The third-order valence-corrected chi connectivity index (χ3v) is 6.25. The van der Waals surface area contributed by atoms with E-state index in [0.29, 0.717) is 18.8 Å². The number of urea groups is 1. The molecule has 152 valence electrons. The first-order valence-corrected chi connectivity index (χ1v) is 11.2. The van der Waals surface area contributed by atoms with Gasteiger partial charge in [-0.3, -0.25) is 4.79 Å². The van der Waals surface area contributed by atoms with E-state index < -0.39 is 0 Å². The third-order valence-electron chi connectivity index (χ3n) is 4.29. The molecule has 1 aromatic carbocycles. The highest BCUT2D eigenvalue weighted by Gasteiger charge is 2.17. The van der Waals surface area contributed by atoms with Gasteiger partial charge in [-0.05, 0) is 36.7 Å². The van der Waals surface area contributed by atoms with Gasteiger partial charge >= 0.3 is 6.03 Å². The van der Waals surface area contributed by atoms with E-state index in [-0.39, 0.29) is 17.7 Å². The van der Waals surface area contributed by atoms with Gasteiger partial charge in [0.2, 0.25) is 5.91 Å². The van der Waals surface area contributed by atoms with Crippen LogP contribution in [-0.2, 0) is 11.3 Å². The molecule has 0 spiro atoms. The summed E-state index contributed by atoms with van der Waals surface area (Å²) in [4.78, 5) is 30.2. The molecule has 0 unspecified atom stereocenters. The molecule has 0 aliphatic heterocycles. The maximum atomic E-state index is 13.0. The first kappa shape index (κ1) is 22.3. The van der Waals surface area contributed by atoms with E-state index in [2.05, 4.69) is 24.1 Å². The van der Waals surface area contributed by atoms with Crippen molar-refractivity contribution in [1.82, 2.24) is 9.80 Å². The van der Waals surface area contributed by atoms with Crippen LogP contribution in [0, 0.1) is 0 Å². The molecule has 0 fully saturated rings. The molecule has 2 rings (SSSR count). The molecule has 3 N–H and O–H groups in total. The number of carbonyl (C=O) groups excluding carboxylic acids is 2. The minimum atomic E-state index is -0.385. The Morgan fingerprint density at radius 2 is 1.86 bits per heavy atom. The van der Waals surface area contributed by atoms with Crippen molar-refractivity contribution in [1.29, 1.82) is 0 Å². The molecule has 8 heteroatoms. The Labute approximate surface area is 175 Å². The summed E-state index contributed by atoms with van der Waals surface area (Å²) >= 11 is 2.97. The normalized spacial score (nSPS) is 10.8. The summed E-state index contributed by atoms with van der Waals surface area (Å²) in [5, 5.41) is 5.03. The summed E-state index contributed by atoms with van der Waals surface area (Å²) < 4.78 is 0. The van der Waals surface area contributed by atoms with Crippen molar-refractivity contribution in [3.63, 3.8) is 0 Å². The number of likely N-dealkylation sites (N-methyl/N-ethyl adjacent to an activating group) is 1. The molecule has 0 atom stereocenters. The van der Waals surface area contributed by atoms with Crippen LogP contribution in [0.15, 0.2) is 46.7 Å². The number of carbonyl (C=O) groups is 2. The molecule has 0 bridgehead atoms. The summed E-state index contributed by atoms with van der Waals surface area (Å²) in [5.41, 5.74) is 5.94. The van der Waals surface area contributed by atoms with Gasteiger partial charge in [0.1, 0.15) is 0 Å². The van der Waals surface area contributed by atoms with Crippen molar-refractivity contribution in [2.24, 2.45) is 5.73 Å². The highest BCUT2D eigenvalue weighted by Crippen LogP contribution is 2.27. The highest BCUT2D eigenvalue weighted by molar-refractivity contribution is 8.00. The van der Waals surface area contributed by atoms with Gasteiger partial charge in [-0.2, -0.15) is 0 Å². The first-order chi connectivity index (χ1) is 13.5. The predicted molar refractivity (Wildman–Crippen MR) is 118 cm³/mol. The molecule has 0 aliphatic carbocycles. The Morgan fingerprint density at radius 1 is 1.11 bits per heavy atom. The van der Waals surface area contributed by atoms with Crippen LogP contribution in [0.2, 0.25) is 0 Å². The zero-order chi connectivity index (χ0) is 20.4. The van der Waals surface area contributed by atoms with Gasteiger partial charge in [-0.1, -0.05) is 32.0 Å². The van der Waals surface area contributed by atoms with Gasteiger partial charge in [-0.15, -0.1) is 23.1 Å². The van der Waals surface area contributed by atoms with Crippen molar-refractivity contribution in [3.05, 3.63) is 46.7 Å². The standard InChI is InChI=1S/C20H28N4O2S2/c1-3-23(4-2)11-12-24(14-16-8-7-13-27-16)20(26)22-17-9-5-6-10-18(17)28-15-19(21)25/h5-10,13H,3-4,11-12,14-15H2,1-2H3,(H2,21,25)(H,22,26). The summed E-state index contributed by atoms with van der Waals surface area (Å²) in [6.45, 7) is 8.20. The lowest BCUT2D eigenvalue weighted by molar-refractivity contribution is -0.115. The first-order valence-electron chi connectivity index (χ1n) is 9.34. The van der Waals surface area contributed by atoms with Gasteiger partial charge in [0.25, 0.3) is 0 Å². The highest BCUT2D eigenvalue weighted by atomic mass is 32.2. The van der Waals surface area contributed by atoms with E-state index in [1.165, 1.54) is 11.8 Å². The lowest BCUT2D eigenvalue weighted by Crippen LogP contribution is -2.40. The minimum absolute atomic E-state index is 0.146. The number of benzene rings is 1. The van der Waals surface area contributed by atoms with Crippen molar-refractivity contribution in [2.75, 3.05) is 37.2 Å². The predicted octanol–water partition coefficient (Wildman–Crippen LogP) is 3.70. The van der Waals surface area contributed by atoms with Gasteiger partial charge < -0.3 is 20.9 Å². The van der Waals surface area contributed by atoms with Crippen LogP contribution in [0.4, 0.5) is 10.5 Å². The van der Waals surface area contributed by atoms with Gasteiger partial charge in [0.15, 0.2) is 0 Å². The fourth-order valence-electron chi connectivity index (χ4n) is 2.68. The molecule has 6 nitrogen and oxygen atoms in total. The zero-order valence-corrected chi connectivity index (χ0v) is 18.0. The van der Waals surface area contributed by atoms with Crippen molar-refractivity contribution >= 4 is 40.7 Å². The van der Waals surface area contributed by atoms with Crippen LogP contribution in [-0.4, -0.2) is 53.7 Å². The number of hydrogen-bond donors (Lipinski definition) is 2. The van der Waals surface area contributed by atoms with Gasteiger partial charge in [0.05, 0.1) is 18.0 Å². The second-order valence-electron chi connectivity index (χ2n) is 6.21. The molecule has 0 saturated carbocycles. The SMILES string of the molecule is CCN(CC)CCN(Cc1cccs1)C(=O)Nc1ccccc1SCC(N)=O. The summed E-state index contributed by atoms with van der Waals surface area (Å²) in [6, 6.07) is 11.4. The number of hydrogen-bond acceptors (Lipinski definition) is 5. The second kappa shape index (κ2) is 11.7. The molecule has 2 aromatic rings. The average Bonchev–Trinajstić information content (AvgIpc) is 3.20. The quantitative estimate of drug-likeness (QED) is 0.543. The smallest absolute Gasteiger partial charge is 0.322 e. The number of rotatable bonds is 11. The monoisotopic (exact) mass is 420 g/mol. The van der Waals surface area contributed by atoms with Crippen LogP contribution >= 0.6 is 23.1 Å². The van der Waals surface area contributed by atoms with Gasteiger partial charge in [0, 0.05) is 22.9 Å². The summed E-state index contributed by atoms with van der Waals surface area (Å²) in [7, 11) is 0. The van der Waals surface area contributed by atoms with E-state index in [1.54, 1.807) is 11.3 Å². The van der Waals surface area contributed by atoms with Crippen LogP contribution in [0.5, 0.6) is 0 Å². The van der Waals surface area contributed by atoms with Crippen LogP contribution < -0.4 is 11.1 Å². The Hall–Kier alpha value is -2.03. The zero-order valence-electron chi connectivity index (χ0n) is 16.4. The number of thioether (sulfide) groups is 1. The van der Waals surface area contributed by atoms with Crippen LogP contribution in [0.25, 0.3) is 0 Å². The lowest BCUT2D eigenvalue weighted by Gasteiger charge is -2.26. The average molecular weight is 421 g/mol. The van der Waals surface area contributed by atoms with Crippen molar-refractivity contribution in [3.8, 4) is 0 Å². The number of amides is 3. The van der Waals surface area contributed by atoms with Gasteiger partial charge in [-0.25, -0.2) is 4.79 Å². The molecule has 0 aliphatic rings. The van der Waals surface area contributed by atoms with Crippen LogP contribution in [0.3, 0.4) is 0 Å². The number of thiophene rings is 1. The summed E-state index contributed by atoms with van der Waals surface area (Å²) in [5.74, 6) is -0.210. The minimum Gasteiger partial charge on any atom is -0.369 e.